The van der Waals surface area contributed by atoms with Gasteiger partial charge in [-0.1, -0.05) is 6.92 Å². The van der Waals surface area contributed by atoms with E-state index in [9.17, 15) is 0 Å². The first-order chi connectivity index (χ1) is 6.81. The zero-order chi connectivity index (χ0) is 10.6. The molecule has 6 N–H and O–H groups in total. The van der Waals surface area contributed by atoms with E-state index in [0.717, 1.165) is 26.2 Å². The van der Waals surface area contributed by atoms with Crippen molar-refractivity contribution in [2.24, 2.45) is 11.5 Å². The summed E-state index contributed by atoms with van der Waals surface area (Å²) in [5.41, 5.74) is 11.0. The van der Waals surface area contributed by atoms with Gasteiger partial charge in [-0.15, -0.1) is 0 Å². The van der Waals surface area contributed by atoms with Gasteiger partial charge in [0, 0.05) is 19.1 Å². The first kappa shape index (κ1) is 13.8. The van der Waals surface area contributed by atoms with Crippen LogP contribution in [0.15, 0.2) is 0 Å². The van der Waals surface area contributed by atoms with Crippen molar-refractivity contribution in [1.29, 1.82) is 0 Å². The third kappa shape index (κ3) is 9.92. The lowest BCUT2D eigenvalue weighted by Gasteiger charge is -2.09. The predicted molar refractivity (Wildman–Crippen MR) is 62.3 cm³/mol. The second-order valence-electron chi connectivity index (χ2n) is 3.66. The fraction of sp³-hybridized carbons (Fsp3) is 1.00. The first-order valence-electron chi connectivity index (χ1n) is 5.68. The number of rotatable bonds is 10. The quantitative estimate of drug-likeness (QED) is 0.365. The van der Waals surface area contributed by atoms with Crippen LogP contribution in [0.4, 0.5) is 0 Å². The molecule has 86 valence electrons. The third-order valence-corrected chi connectivity index (χ3v) is 2.09. The molecule has 1 atom stereocenters. The van der Waals surface area contributed by atoms with Crippen molar-refractivity contribution < 1.29 is 0 Å². The Labute approximate surface area is 87.8 Å². The second kappa shape index (κ2) is 10.9. The lowest BCUT2D eigenvalue weighted by atomic mass is 10.3. The van der Waals surface area contributed by atoms with Crippen LogP contribution in [0.25, 0.3) is 0 Å². The van der Waals surface area contributed by atoms with Gasteiger partial charge in [0.15, 0.2) is 0 Å². The molecule has 14 heavy (non-hydrogen) atoms. The summed E-state index contributed by atoms with van der Waals surface area (Å²) in [4.78, 5) is 0. The molecule has 4 heteroatoms. The van der Waals surface area contributed by atoms with Crippen molar-refractivity contribution in [3.63, 3.8) is 0 Å². The third-order valence-electron chi connectivity index (χ3n) is 2.09. The van der Waals surface area contributed by atoms with Crippen molar-refractivity contribution in [2.75, 3.05) is 32.7 Å². The predicted octanol–water partition coefficient (Wildman–Crippen LogP) is -0.358. The van der Waals surface area contributed by atoms with Gasteiger partial charge in [0.1, 0.15) is 0 Å². The van der Waals surface area contributed by atoms with Crippen molar-refractivity contribution in [3.8, 4) is 0 Å². The molecule has 0 heterocycles. The van der Waals surface area contributed by atoms with Crippen LogP contribution in [-0.2, 0) is 0 Å². The van der Waals surface area contributed by atoms with E-state index in [4.69, 9.17) is 11.5 Å². The number of nitrogens with two attached hydrogens (primary N) is 2. The summed E-state index contributed by atoms with van der Waals surface area (Å²) in [7, 11) is 0. The van der Waals surface area contributed by atoms with Gasteiger partial charge in [0.05, 0.1) is 0 Å². The lowest BCUT2D eigenvalue weighted by molar-refractivity contribution is 0.546. The van der Waals surface area contributed by atoms with Crippen molar-refractivity contribution in [3.05, 3.63) is 0 Å². The Balaban J connectivity index is 2.92. The van der Waals surface area contributed by atoms with Crippen LogP contribution in [0.5, 0.6) is 0 Å². The van der Waals surface area contributed by atoms with E-state index >= 15 is 0 Å². The SMILES string of the molecule is CCCNCCCCNCC(N)CN. The molecule has 0 rings (SSSR count). The summed E-state index contributed by atoms with van der Waals surface area (Å²) >= 11 is 0. The van der Waals surface area contributed by atoms with Gasteiger partial charge in [0.2, 0.25) is 0 Å². The first-order valence-corrected chi connectivity index (χ1v) is 5.68. The van der Waals surface area contributed by atoms with E-state index in [2.05, 4.69) is 17.6 Å². The van der Waals surface area contributed by atoms with Crippen molar-refractivity contribution in [1.82, 2.24) is 10.6 Å². The summed E-state index contributed by atoms with van der Waals surface area (Å²) in [6.45, 7) is 6.87. The fourth-order valence-electron chi connectivity index (χ4n) is 1.17. The molecule has 0 aromatic rings. The Morgan fingerprint density at radius 1 is 1.07 bits per heavy atom. The maximum Gasteiger partial charge on any atom is 0.0290 e. The molecule has 0 fully saturated rings. The molecule has 0 saturated carbocycles. The van der Waals surface area contributed by atoms with Gasteiger partial charge < -0.3 is 22.1 Å². The Morgan fingerprint density at radius 2 is 1.71 bits per heavy atom. The van der Waals surface area contributed by atoms with Crippen LogP contribution in [0.2, 0.25) is 0 Å². The van der Waals surface area contributed by atoms with E-state index in [1.807, 2.05) is 0 Å². The molecule has 0 aliphatic heterocycles. The van der Waals surface area contributed by atoms with Crippen molar-refractivity contribution >= 4 is 0 Å². The minimum absolute atomic E-state index is 0.105. The van der Waals surface area contributed by atoms with E-state index in [1.54, 1.807) is 0 Å². The molecule has 0 saturated heterocycles. The largest absolute Gasteiger partial charge is 0.329 e. The molecular weight excluding hydrogens is 176 g/mol. The number of unbranched alkanes of at least 4 members (excludes halogenated alkanes) is 1. The summed E-state index contributed by atoms with van der Waals surface area (Å²) in [5, 5.41) is 6.67. The highest BCUT2D eigenvalue weighted by molar-refractivity contribution is 4.64. The molecule has 1 unspecified atom stereocenters. The summed E-state index contributed by atoms with van der Waals surface area (Å²) in [5.74, 6) is 0. The van der Waals surface area contributed by atoms with Crippen molar-refractivity contribution in [2.45, 2.75) is 32.2 Å². The maximum atomic E-state index is 5.65. The van der Waals surface area contributed by atoms with E-state index < -0.39 is 0 Å². The number of nitrogens with one attached hydrogen (secondary N) is 2. The molecule has 0 aromatic carbocycles. The Bertz CT molecular complexity index is 108. The summed E-state index contributed by atoms with van der Waals surface area (Å²) in [6, 6.07) is 0.105. The fourth-order valence-corrected chi connectivity index (χ4v) is 1.17. The molecule has 0 spiro atoms. The van der Waals surface area contributed by atoms with Gasteiger partial charge in [-0.05, 0) is 38.9 Å². The van der Waals surface area contributed by atoms with Crippen LogP contribution in [-0.4, -0.2) is 38.8 Å². The standard InChI is InChI=1S/C10H26N4/c1-2-5-13-6-3-4-7-14-9-10(12)8-11/h10,13-14H,2-9,11-12H2,1H3. The zero-order valence-electron chi connectivity index (χ0n) is 9.39. The van der Waals surface area contributed by atoms with E-state index in [-0.39, 0.29) is 6.04 Å². The van der Waals surface area contributed by atoms with Crippen LogP contribution in [0.1, 0.15) is 26.2 Å². The van der Waals surface area contributed by atoms with E-state index in [0.29, 0.717) is 6.54 Å². The minimum Gasteiger partial charge on any atom is -0.329 e. The van der Waals surface area contributed by atoms with Crippen LogP contribution < -0.4 is 22.1 Å². The molecule has 0 radical (unpaired) electrons. The van der Waals surface area contributed by atoms with Gasteiger partial charge in [-0.2, -0.15) is 0 Å². The lowest BCUT2D eigenvalue weighted by Crippen LogP contribution is -2.40. The Hall–Kier alpha value is -0.160. The molecule has 0 amide bonds. The molecule has 0 bridgehead atoms. The monoisotopic (exact) mass is 202 g/mol. The molecular formula is C10H26N4. The minimum atomic E-state index is 0.105. The Kier molecular flexibility index (Phi) is 10.8. The van der Waals surface area contributed by atoms with Crippen LogP contribution in [0, 0.1) is 0 Å². The molecule has 0 aromatic heterocycles. The number of hydrogen-bond donors (Lipinski definition) is 4. The van der Waals surface area contributed by atoms with Gasteiger partial charge in [0.25, 0.3) is 0 Å². The topological polar surface area (TPSA) is 76.1 Å². The van der Waals surface area contributed by atoms with E-state index in [1.165, 1.54) is 19.3 Å². The Morgan fingerprint density at radius 3 is 2.29 bits per heavy atom. The highest BCUT2D eigenvalue weighted by Crippen LogP contribution is 1.85. The van der Waals surface area contributed by atoms with Gasteiger partial charge in [-0.25, -0.2) is 0 Å². The molecule has 0 aliphatic rings. The zero-order valence-corrected chi connectivity index (χ0v) is 9.39. The van der Waals surface area contributed by atoms with Crippen LogP contribution >= 0.6 is 0 Å². The normalized spacial score (nSPS) is 13.1. The average Bonchev–Trinajstić information content (AvgIpc) is 2.21. The smallest absolute Gasteiger partial charge is 0.0290 e. The average molecular weight is 202 g/mol. The number of hydrogen-bond acceptors (Lipinski definition) is 4. The van der Waals surface area contributed by atoms with Crippen LogP contribution in [0.3, 0.4) is 0 Å². The summed E-state index contributed by atoms with van der Waals surface area (Å²) < 4.78 is 0. The second-order valence-corrected chi connectivity index (χ2v) is 3.66. The molecule has 0 aliphatic carbocycles. The highest BCUT2D eigenvalue weighted by atomic mass is 14.9. The highest BCUT2D eigenvalue weighted by Gasteiger charge is 1.96. The maximum absolute atomic E-state index is 5.65. The van der Waals surface area contributed by atoms with Gasteiger partial charge in [-0.3, -0.25) is 0 Å². The summed E-state index contributed by atoms with van der Waals surface area (Å²) in [6.07, 6.45) is 3.64. The van der Waals surface area contributed by atoms with Gasteiger partial charge >= 0.3 is 0 Å². The molecule has 4 nitrogen and oxygen atoms in total.